The molecule has 59 heavy (non-hydrogen) atoms. The summed E-state index contributed by atoms with van der Waals surface area (Å²) < 4.78 is 51.0. The lowest BCUT2D eigenvalue weighted by atomic mass is 10.2. The van der Waals surface area contributed by atoms with Gasteiger partial charge >= 0.3 is 29.9 Å². The van der Waals surface area contributed by atoms with Gasteiger partial charge in [-0.3, -0.25) is 14.6 Å². The third-order valence-corrected chi connectivity index (χ3v) is 5.98. The van der Waals surface area contributed by atoms with E-state index in [2.05, 4.69) is 36.2 Å². The van der Waals surface area contributed by atoms with Crippen molar-refractivity contribution in [2.45, 2.75) is 79.1 Å². The number of anilines is 4. The van der Waals surface area contributed by atoms with Crippen LogP contribution in [0.4, 0.5) is 62.5 Å². The molecular weight excluding hydrogens is 855 g/mol. The number of carbonyl (C=O) groups excluding carboxylic acids is 3. The van der Waals surface area contributed by atoms with Crippen LogP contribution in [-0.4, -0.2) is 98.3 Å². The SMILES string of the molecule is CC(C)(C)OC(=O)N(CCF)c1cccc(N)n1.CC(C)(C)OC(=O)N(CCF)c1cccc([N+](=O)[O-])n1.CC(C)(C)OC(=O)Nc1cccc([N+](=O)[O-])n1.FCCBr. The number of amides is 3. The van der Waals surface area contributed by atoms with Crippen molar-refractivity contribution in [1.82, 2.24) is 15.0 Å². The topological polar surface area (TPSA) is 248 Å². The lowest BCUT2D eigenvalue weighted by molar-refractivity contribution is -0.389. The van der Waals surface area contributed by atoms with E-state index in [-0.39, 0.29) is 48.9 Å². The molecule has 0 unspecified atom stereocenters. The molecule has 328 valence electrons. The summed E-state index contributed by atoms with van der Waals surface area (Å²) in [5.74, 6) is -0.158. The first kappa shape index (κ1) is 53.1. The van der Waals surface area contributed by atoms with Gasteiger partial charge in [0.25, 0.3) is 11.6 Å². The van der Waals surface area contributed by atoms with Gasteiger partial charge in [-0.15, -0.1) is 0 Å². The largest absolute Gasteiger partial charge is 0.444 e. The Kier molecular flexibility index (Phi) is 22.9. The quantitative estimate of drug-likeness (QED) is 0.0835. The van der Waals surface area contributed by atoms with Crippen LogP contribution in [0.2, 0.25) is 0 Å². The highest BCUT2D eigenvalue weighted by Gasteiger charge is 2.28. The van der Waals surface area contributed by atoms with Crippen LogP contribution in [0.3, 0.4) is 0 Å². The molecule has 3 aromatic heterocycles. The maximum atomic E-state index is 12.6. The molecule has 0 saturated carbocycles. The average molecular weight is 907 g/mol. The minimum atomic E-state index is -0.816. The monoisotopic (exact) mass is 905 g/mol. The van der Waals surface area contributed by atoms with Gasteiger partial charge in [-0.2, -0.15) is 0 Å². The zero-order chi connectivity index (χ0) is 45.6. The summed E-state index contributed by atoms with van der Waals surface area (Å²) in [4.78, 5) is 68.4. The van der Waals surface area contributed by atoms with E-state index in [1.54, 1.807) is 80.5 Å². The molecular formula is C36H51BrF3N9O10. The second-order valence-corrected chi connectivity index (χ2v) is 15.1. The number of nitrogens with one attached hydrogen (secondary N) is 1. The van der Waals surface area contributed by atoms with E-state index in [0.717, 1.165) is 9.80 Å². The van der Waals surface area contributed by atoms with E-state index < -0.39 is 64.1 Å². The van der Waals surface area contributed by atoms with E-state index >= 15 is 0 Å². The van der Waals surface area contributed by atoms with Crippen LogP contribution >= 0.6 is 15.9 Å². The molecule has 0 aromatic carbocycles. The number of hydrogen-bond donors (Lipinski definition) is 2. The van der Waals surface area contributed by atoms with Crippen molar-refractivity contribution in [2.75, 3.05) is 59.3 Å². The number of aromatic nitrogens is 3. The molecule has 0 spiro atoms. The number of nitrogens with two attached hydrogens (primary N) is 1. The van der Waals surface area contributed by atoms with Crippen molar-refractivity contribution in [3.8, 4) is 0 Å². The normalized spacial score (nSPS) is 10.7. The number of alkyl halides is 4. The molecule has 0 aliphatic rings. The lowest BCUT2D eigenvalue weighted by Crippen LogP contribution is -2.38. The first-order valence-corrected chi connectivity index (χ1v) is 18.6. The summed E-state index contributed by atoms with van der Waals surface area (Å²) in [5, 5.41) is 23.9. The second-order valence-electron chi connectivity index (χ2n) is 14.3. The van der Waals surface area contributed by atoms with Crippen LogP contribution in [0.15, 0.2) is 54.6 Å². The van der Waals surface area contributed by atoms with Gasteiger partial charge in [0.15, 0.2) is 0 Å². The second kappa shape index (κ2) is 25.5. The number of nitrogens with zero attached hydrogens (tertiary/aromatic N) is 7. The fourth-order valence-corrected chi connectivity index (χ4v) is 3.66. The molecule has 3 amide bonds. The van der Waals surface area contributed by atoms with Gasteiger partial charge in [-0.05, 0) is 106 Å². The first-order valence-electron chi connectivity index (χ1n) is 17.5. The average Bonchev–Trinajstić information content (AvgIpc) is 3.11. The van der Waals surface area contributed by atoms with Gasteiger partial charge in [-0.1, -0.05) is 22.0 Å². The molecule has 3 aromatic rings. The number of pyridine rings is 3. The number of rotatable bonds is 10. The van der Waals surface area contributed by atoms with Gasteiger partial charge in [0.2, 0.25) is 0 Å². The Hall–Kier alpha value is -5.87. The number of ether oxygens (including phenoxy) is 3. The highest BCUT2D eigenvalue weighted by Crippen LogP contribution is 2.20. The van der Waals surface area contributed by atoms with Gasteiger partial charge in [-0.25, -0.2) is 33.0 Å². The summed E-state index contributed by atoms with van der Waals surface area (Å²) in [6.07, 6.45) is -2.15. The molecule has 0 atom stereocenters. The number of hydrogen-bond acceptors (Lipinski definition) is 14. The Morgan fingerprint density at radius 3 is 1.44 bits per heavy atom. The fraction of sp³-hybridized carbons (Fsp3) is 0.500. The van der Waals surface area contributed by atoms with Crippen LogP contribution in [0.25, 0.3) is 0 Å². The zero-order valence-electron chi connectivity index (χ0n) is 34.2. The maximum absolute atomic E-state index is 12.6. The van der Waals surface area contributed by atoms with E-state index in [4.69, 9.17) is 19.9 Å². The third kappa shape index (κ3) is 23.8. The number of nitrogen functional groups attached to an aromatic ring is 1. The molecule has 0 saturated heterocycles. The maximum Gasteiger partial charge on any atom is 0.417 e. The Labute approximate surface area is 348 Å². The van der Waals surface area contributed by atoms with E-state index in [9.17, 15) is 47.8 Å². The predicted octanol–water partition coefficient (Wildman–Crippen LogP) is 8.76. The van der Waals surface area contributed by atoms with Crippen molar-refractivity contribution in [3.05, 3.63) is 74.8 Å². The van der Waals surface area contributed by atoms with E-state index in [1.165, 1.54) is 36.4 Å². The zero-order valence-corrected chi connectivity index (χ0v) is 35.8. The minimum absolute atomic E-state index is 0.0221. The molecule has 23 heteroatoms. The molecule has 3 rings (SSSR count). The third-order valence-electron chi connectivity index (χ3n) is 5.68. The highest BCUT2D eigenvalue weighted by molar-refractivity contribution is 9.09. The Balaban J connectivity index is 0.000000818. The number of nitro groups is 2. The van der Waals surface area contributed by atoms with Gasteiger partial charge < -0.3 is 40.2 Å². The van der Waals surface area contributed by atoms with Crippen molar-refractivity contribution in [2.24, 2.45) is 0 Å². The van der Waals surface area contributed by atoms with Crippen LogP contribution in [0.1, 0.15) is 62.3 Å². The van der Waals surface area contributed by atoms with Gasteiger partial charge in [0, 0.05) is 29.6 Å². The molecule has 0 aliphatic heterocycles. The molecule has 19 nitrogen and oxygen atoms in total. The summed E-state index contributed by atoms with van der Waals surface area (Å²) in [7, 11) is 0. The highest BCUT2D eigenvalue weighted by atomic mass is 79.9. The standard InChI is InChI=1S/C12H16FN3O4.C12H18FN3O2.C10H13N3O4.C2H4BrF/c1-12(2,3)20-11(17)15(8-7-13)9-5-4-6-10(14-9)16(18)19;1-12(2,3)18-11(17)16(8-7-13)10-6-4-5-9(14)15-10;1-10(2,3)17-9(14)12-7-5-4-6-8(11-7)13(15)16;3-1-2-4/h4-6H,7-8H2,1-3H3;4-6H,7-8H2,1-3H3,(H2,14,15);4-6H,1-3H3,(H,11,12,14);1-2H2. The summed E-state index contributed by atoms with van der Waals surface area (Å²) >= 11 is 2.87. The lowest BCUT2D eigenvalue weighted by Gasteiger charge is -2.26. The molecule has 0 radical (unpaired) electrons. The molecule has 0 aliphatic carbocycles. The molecule has 3 N–H and O–H groups in total. The van der Waals surface area contributed by atoms with Gasteiger partial charge in [0.1, 0.15) is 41.8 Å². The smallest absolute Gasteiger partial charge is 0.417 e. The number of halogens is 4. The predicted molar refractivity (Wildman–Crippen MR) is 219 cm³/mol. The van der Waals surface area contributed by atoms with Crippen molar-refractivity contribution >= 4 is 69.1 Å². The first-order chi connectivity index (χ1) is 27.3. The minimum Gasteiger partial charge on any atom is -0.444 e. The Morgan fingerprint density at radius 1 is 0.678 bits per heavy atom. The molecule has 3 heterocycles. The summed E-state index contributed by atoms with van der Waals surface area (Å²) in [6.45, 7) is 13.2. The van der Waals surface area contributed by atoms with Crippen molar-refractivity contribution in [1.29, 1.82) is 0 Å². The number of carbonyl (C=O) groups is 3. The Bertz CT molecular complexity index is 1810. The molecule has 0 fully saturated rings. The van der Waals surface area contributed by atoms with Crippen molar-refractivity contribution in [3.63, 3.8) is 0 Å². The fourth-order valence-electron chi connectivity index (χ4n) is 3.66. The van der Waals surface area contributed by atoms with Gasteiger partial charge in [0.05, 0.1) is 19.8 Å². The summed E-state index contributed by atoms with van der Waals surface area (Å²) in [6, 6.07) is 12.9. The molecule has 0 bridgehead atoms. The van der Waals surface area contributed by atoms with Crippen LogP contribution < -0.4 is 20.9 Å². The van der Waals surface area contributed by atoms with Crippen molar-refractivity contribution < 1.29 is 51.6 Å². The Morgan fingerprint density at radius 2 is 1.07 bits per heavy atom. The van der Waals surface area contributed by atoms with Crippen LogP contribution in [0, 0.1) is 20.2 Å². The van der Waals surface area contributed by atoms with E-state index in [0.29, 0.717) is 5.33 Å². The van der Waals surface area contributed by atoms with E-state index in [1.807, 2.05) is 0 Å². The summed E-state index contributed by atoms with van der Waals surface area (Å²) in [5.41, 5.74) is 3.50. The van der Waals surface area contributed by atoms with Crippen LogP contribution in [0.5, 0.6) is 0 Å². The van der Waals surface area contributed by atoms with Crippen LogP contribution in [-0.2, 0) is 14.2 Å².